The second-order valence-electron chi connectivity index (χ2n) is 8.18. The Morgan fingerprint density at radius 2 is 2.13 bits per heavy atom. The highest BCUT2D eigenvalue weighted by atomic mass is 32.1. The Bertz CT molecular complexity index is 1030. The van der Waals surface area contributed by atoms with E-state index in [0.717, 1.165) is 59.3 Å². The summed E-state index contributed by atoms with van der Waals surface area (Å²) >= 11 is 1.61. The summed E-state index contributed by atoms with van der Waals surface area (Å²) in [5, 5.41) is 19.1. The Morgan fingerprint density at radius 3 is 2.87 bits per heavy atom. The molecule has 0 bridgehead atoms. The van der Waals surface area contributed by atoms with E-state index in [1.807, 2.05) is 42.6 Å². The number of anilines is 3. The Kier molecular flexibility index (Phi) is 5.99. The van der Waals surface area contributed by atoms with E-state index in [0.29, 0.717) is 5.95 Å². The zero-order chi connectivity index (χ0) is 21.1. The highest BCUT2D eigenvalue weighted by Crippen LogP contribution is 2.33. The van der Waals surface area contributed by atoms with Crippen LogP contribution < -0.4 is 16.4 Å². The fourth-order valence-corrected chi connectivity index (χ4v) is 4.62. The zero-order valence-electron chi connectivity index (χ0n) is 17.0. The van der Waals surface area contributed by atoms with Gasteiger partial charge in [-0.25, -0.2) is 4.98 Å². The molecule has 1 aliphatic carbocycles. The minimum atomic E-state index is -0.567. The summed E-state index contributed by atoms with van der Waals surface area (Å²) in [4.78, 5) is 20.6. The smallest absolute Gasteiger partial charge is 0.229 e. The van der Waals surface area contributed by atoms with E-state index in [-0.39, 0.29) is 18.5 Å². The lowest BCUT2D eigenvalue weighted by Crippen LogP contribution is -2.35. The van der Waals surface area contributed by atoms with Crippen LogP contribution in [-0.4, -0.2) is 39.5 Å². The zero-order valence-corrected chi connectivity index (χ0v) is 17.8. The molecule has 5 N–H and O–H groups in total. The number of fused-ring (bicyclic) bond motifs is 1. The first-order chi connectivity index (χ1) is 14.5. The van der Waals surface area contributed by atoms with Gasteiger partial charge in [-0.05, 0) is 61.7 Å². The number of aldehydes is 1. The predicted molar refractivity (Wildman–Crippen MR) is 122 cm³/mol. The first-order valence-corrected chi connectivity index (χ1v) is 11.1. The third-order valence-electron chi connectivity index (χ3n) is 5.70. The topological polar surface area (TPSA) is 113 Å². The lowest BCUT2D eigenvalue weighted by molar-refractivity contribution is -0.108. The van der Waals surface area contributed by atoms with E-state index in [1.165, 1.54) is 0 Å². The first kappa shape index (κ1) is 20.7. The molecule has 30 heavy (non-hydrogen) atoms. The molecule has 1 fully saturated rings. The molecule has 2 heterocycles. The average Bonchev–Trinajstić information content (AvgIpc) is 3.20. The van der Waals surface area contributed by atoms with Gasteiger partial charge in [-0.15, -0.1) is 11.3 Å². The molecule has 0 radical (unpaired) electrons. The van der Waals surface area contributed by atoms with Crippen LogP contribution in [0.2, 0.25) is 0 Å². The Hall–Kier alpha value is -2.55. The van der Waals surface area contributed by atoms with E-state index < -0.39 is 5.60 Å². The van der Waals surface area contributed by atoms with Gasteiger partial charge in [0.1, 0.15) is 12.1 Å². The number of aliphatic hydroxyl groups is 1. The van der Waals surface area contributed by atoms with Crippen LogP contribution in [0.5, 0.6) is 0 Å². The van der Waals surface area contributed by atoms with Gasteiger partial charge in [-0.1, -0.05) is 12.1 Å². The monoisotopic (exact) mass is 425 g/mol. The minimum absolute atomic E-state index is 0.270. The van der Waals surface area contributed by atoms with Crippen molar-refractivity contribution in [1.29, 1.82) is 0 Å². The van der Waals surface area contributed by atoms with E-state index in [9.17, 15) is 9.90 Å². The fourth-order valence-electron chi connectivity index (χ4n) is 3.84. The highest BCUT2D eigenvalue weighted by molar-refractivity contribution is 7.17. The molecule has 0 amide bonds. The molecule has 7 nitrogen and oxygen atoms in total. The van der Waals surface area contributed by atoms with Crippen LogP contribution in [-0.2, 0) is 4.79 Å². The number of nitrogens with zero attached hydrogens (tertiary/aromatic N) is 2. The quantitative estimate of drug-likeness (QED) is 0.426. The van der Waals surface area contributed by atoms with Crippen LogP contribution in [0.15, 0.2) is 35.7 Å². The van der Waals surface area contributed by atoms with Crippen molar-refractivity contribution in [2.45, 2.75) is 50.2 Å². The van der Waals surface area contributed by atoms with Crippen LogP contribution in [0.4, 0.5) is 17.5 Å². The van der Waals surface area contributed by atoms with Crippen molar-refractivity contribution in [3.05, 3.63) is 41.3 Å². The number of nitrogens with two attached hydrogens (primary N) is 1. The number of aromatic nitrogens is 2. The second-order valence-corrected chi connectivity index (χ2v) is 9.09. The van der Waals surface area contributed by atoms with Crippen molar-refractivity contribution in [1.82, 2.24) is 9.97 Å². The van der Waals surface area contributed by atoms with E-state index in [2.05, 4.69) is 15.6 Å². The van der Waals surface area contributed by atoms with Crippen molar-refractivity contribution in [3.63, 3.8) is 0 Å². The SMILES string of the molecule is C[C@]1(O)CC[C@H](Nc2nc(Nc3cccc(C(C=O)CN)c3)nc3ccsc23)CC1. The summed E-state index contributed by atoms with van der Waals surface area (Å²) in [6, 6.07) is 9.87. The molecule has 0 spiro atoms. The number of nitrogens with one attached hydrogen (secondary N) is 2. The third-order valence-corrected chi connectivity index (χ3v) is 6.61. The largest absolute Gasteiger partial charge is 0.390 e. The average molecular weight is 426 g/mol. The number of hydrogen-bond acceptors (Lipinski definition) is 8. The van der Waals surface area contributed by atoms with Gasteiger partial charge in [0.25, 0.3) is 0 Å². The van der Waals surface area contributed by atoms with Gasteiger partial charge < -0.3 is 26.3 Å². The van der Waals surface area contributed by atoms with Gasteiger partial charge in [0, 0.05) is 18.3 Å². The van der Waals surface area contributed by atoms with Crippen molar-refractivity contribution in [3.8, 4) is 0 Å². The van der Waals surface area contributed by atoms with Crippen molar-refractivity contribution >= 4 is 45.3 Å². The highest BCUT2D eigenvalue weighted by Gasteiger charge is 2.29. The van der Waals surface area contributed by atoms with Gasteiger partial charge in [-0.3, -0.25) is 0 Å². The standard InChI is InChI=1S/C22H27N5O2S/c1-22(29)8-5-16(6-9-22)24-20-19-18(7-10-30-19)26-21(27-20)25-17-4-2-3-14(11-17)15(12-23)13-28/h2-4,7,10-11,13,15-16,29H,5-6,8-9,12,23H2,1H3,(H2,24,25,26,27)/t15?,16-,22-. The molecular formula is C22H27N5O2S. The van der Waals surface area contributed by atoms with Crippen molar-refractivity contribution in [2.75, 3.05) is 17.2 Å². The molecule has 1 saturated carbocycles. The second kappa shape index (κ2) is 8.67. The summed E-state index contributed by atoms with van der Waals surface area (Å²) in [6.07, 6.45) is 4.23. The predicted octanol–water partition coefficient (Wildman–Crippen LogP) is 3.78. The maximum absolute atomic E-state index is 11.2. The van der Waals surface area contributed by atoms with Gasteiger partial charge in [0.2, 0.25) is 5.95 Å². The van der Waals surface area contributed by atoms with Crippen molar-refractivity contribution < 1.29 is 9.90 Å². The number of rotatable bonds is 7. The van der Waals surface area contributed by atoms with Crippen LogP contribution in [0.3, 0.4) is 0 Å². The molecule has 0 saturated heterocycles. The molecule has 2 aromatic heterocycles. The van der Waals surface area contributed by atoms with Gasteiger partial charge in [0.15, 0.2) is 0 Å². The lowest BCUT2D eigenvalue weighted by atomic mass is 9.84. The van der Waals surface area contributed by atoms with Crippen LogP contribution in [0.25, 0.3) is 10.2 Å². The molecule has 3 aromatic rings. The normalized spacial score (nSPS) is 22.6. The number of carbonyl (C=O) groups is 1. The van der Waals surface area contributed by atoms with Gasteiger partial charge in [-0.2, -0.15) is 4.98 Å². The Labute approximate surface area is 179 Å². The molecule has 8 heteroatoms. The number of benzene rings is 1. The fraction of sp³-hybridized carbons (Fsp3) is 0.409. The lowest BCUT2D eigenvalue weighted by Gasteiger charge is -2.33. The molecule has 0 aliphatic heterocycles. The van der Waals surface area contributed by atoms with E-state index >= 15 is 0 Å². The Morgan fingerprint density at radius 1 is 1.33 bits per heavy atom. The molecule has 1 aromatic carbocycles. The first-order valence-electron chi connectivity index (χ1n) is 10.2. The summed E-state index contributed by atoms with van der Waals surface area (Å²) in [6.45, 7) is 2.17. The van der Waals surface area contributed by atoms with Crippen molar-refractivity contribution in [2.24, 2.45) is 5.73 Å². The van der Waals surface area contributed by atoms with Crippen LogP contribution in [0, 0.1) is 0 Å². The summed E-state index contributed by atoms with van der Waals surface area (Å²) in [7, 11) is 0. The maximum Gasteiger partial charge on any atom is 0.229 e. The maximum atomic E-state index is 11.2. The molecule has 158 valence electrons. The minimum Gasteiger partial charge on any atom is -0.390 e. The summed E-state index contributed by atoms with van der Waals surface area (Å²) < 4.78 is 1.02. The van der Waals surface area contributed by atoms with Crippen LogP contribution >= 0.6 is 11.3 Å². The van der Waals surface area contributed by atoms with E-state index in [1.54, 1.807) is 11.3 Å². The molecule has 1 aliphatic rings. The molecule has 4 rings (SSSR count). The molecule has 1 atom stereocenters. The van der Waals surface area contributed by atoms with Crippen LogP contribution in [0.1, 0.15) is 44.1 Å². The number of carbonyl (C=O) groups excluding carboxylic acids is 1. The summed E-state index contributed by atoms with van der Waals surface area (Å²) in [5.74, 6) is 0.986. The molecule has 1 unspecified atom stereocenters. The number of thiophene rings is 1. The Balaban J connectivity index is 1.57. The van der Waals surface area contributed by atoms with Gasteiger partial charge in [0.05, 0.1) is 21.7 Å². The number of hydrogen-bond donors (Lipinski definition) is 4. The van der Waals surface area contributed by atoms with Gasteiger partial charge >= 0.3 is 0 Å². The third kappa shape index (κ3) is 4.61. The van der Waals surface area contributed by atoms with E-state index in [4.69, 9.17) is 10.7 Å². The summed E-state index contributed by atoms with van der Waals surface area (Å²) in [5.41, 5.74) is 7.68. The molecular weight excluding hydrogens is 398 g/mol.